The number of hydrazine groups is 1. The summed E-state index contributed by atoms with van der Waals surface area (Å²) in [5.74, 6) is 5.46. The molecule has 0 bridgehead atoms. The molecule has 1 amide bonds. The first-order chi connectivity index (χ1) is 9.04. The lowest BCUT2D eigenvalue weighted by Gasteiger charge is -2.27. The maximum Gasteiger partial charge on any atom is 0.256 e. The second-order valence-corrected chi connectivity index (χ2v) is 5.04. The molecular formula is C14H21N3O2. The summed E-state index contributed by atoms with van der Waals surface area (Å²) < 4.78 is 5.51. The fraction of sp³-hybridized carbons (Fsp3) is 0.500. The largest absolute Gasteiger partial charge is 0.376 e. The molecule has 2 rings (SSSR count). The van der Waals surface area contributed by atoms with E-state index in [0.29, 0.717) is 17.9 Å². The van der Waals surface area contributed by atoms with Gasteiger partial charge in [0.15, 0.2) is 0 Å². The summed E-state index contributed by atoms with van der Waals surface area (Å²) in [6, 6.07) is 5.72. The Hall–Kier alpha value is -1.59. The Bertz CT molecular complexity index is 476. The number of hydrogen-bond acceptors (Lipinski definition) is 4. The van der Waals surface area contributed by atoms with Crippen molar-refractivity contribution in [3.8, 4) is 0 Å². The van der Waals surface area contributed by atoms with Crippen molar-refractivity contribution >= 4 is 11.6 Å². The fourth-order valence-corrected chi connectivity index (χ4v) is 2.53. The maximum absolute atomic E-state index is 12.5. The molecule has 3 N–H and O–H groups in total. The zero-order valence-corrected chi connectivity index (χ0v) is 11.6. The minimum absolute atomic E-state index is 0.0321. The van der Waals surface area contributed by atoms with Crippen LogP contribution in [-0.2, 0) is 4.74 Å². The summed E-state index contributed by atoms with van der Waals surface area (Å²) in [6.45, 7) is 4.67. The van der Waals surface area contributed by atoms with Gasteiger partial charge in [-0.3, -0.25) is 10.6 Å². The summed E-state index contributed by atoms with van der Waals surface area (Å²) in [5.41, 5.74) is 4.90. The van der Waals surface area contributed by atoms with Crippen molar-refractivity contribution in [2.75, 3.05) is 19.1 Å². The van der Waals surface area contributed by atoms with Gasteiger partial charge in [-0.15, -0.1) is 0 Å². The van der Waals surface area contributed by atoms with E-state index in [1.54, 1.807) is 4.90 Å². The van der Waals surface area contributed by atoms with E-state index < -0.39 is 0 Å². The van der Waals surface area contributed by atoms with Crippen molar-refractivity contribution in [3.05, 3.63) is 29.3 Å². The Morgan fingerprint density at radius 2 is 2.26 bits per heavy atom. The average molecular weight is 263 g/mol. The molecule has 1 aromatic rings. The molecule has 0 saturated carbocycles. The molecule has 1 aliphatic rings. The molecule has 0 aromatic heterocycles. The Kier molecular flexibility index (Phi) is 4.07. The summed E-state index contributed by atoms with van der Waals surface area (Å²) in [7, 11) is 1.82. The van der Waals surface area contributed by atoms with E-state index in [1.807, 2.05) is 39.1 Å². The summed E-state index contributed by atoms with van der Waals surface area (Å²) in [5, 5.41) is 0. The highest BCUT2D eigenvalue weighted by Gasteiger charge is 2.31. The average Bonchev–Trinajstić information content (AvgIpc) is 2.83. The van der Waals surface area contributed by atoms with E-state index in [-0.39, 0.29) is 18.1 Å². The minimum Gasteiger partial charge on any atom is -0.376 e. The number of anilines is 1. The smallest absolute Gasteiger partial charge is 0.256 e. The van der Waals surface area contributed by atoms with Gasteiger partial charge >= 0.3 is 0 Å². The van der Waals surface area contributed by atoms with Crippen LogP contribution in [0.4, 0.5) is 5.69 Å². The van der Waals surface area contributed by atoms with Gasteiger partial charge in [0, 0.05) is 13.7 Å². The van der Waals surface area contributed by atoms with Crippen molar-refractivity contribution < 1.29 is 9.53 Å². The molecule has 0 radical (unpaired) electrons. The standard InChI is InChI=1S/C14H21N3O2/c1-9-4-5-11(12(8-9)16-15)14(18)17(3)13-6-7-19-10(13)2/h4-5,8,10,13,16H,6-7,15H2,1-3H3. The zero-order valence-electron chi connectivity index (χ0n) is 11.6. The van der Waals surface area contributed by atoms with E-state index in [9.17, 15) is 4.79 Å². The lowest BCUT2D eigenvalue weighted by Crippen LogP contribution is -2.41. The van der Waals surface area contributed by atoms with Crippen molar-refractivity contribution in [1.82, 2.24) is 4.90 Å². The first-order valence-corrected chi connectivity index (χ1v) is 6.50. The van der Waals surface area contributed by atoms with E-state index in [0.717, 1.165) is 12.0 Å². The van der Waals surface area contributed by atoms with Gasteiger partial charge in [-0.2, -0.15) is 0 Å². The number of carbonyl (C=O) groups is 1. The number of nitrogen functional groups attached to an aromatic ring is 1. The van der Waals surface area contributed by atoms with Crippen molar-refractivity contribution in [1.29, 1.82) is 0 Å². The van der Waals surface area contributed by atoms with Crippen LogP contribution in [0.2, 0.25) is 0 Å². The van der Waals surface area contributed by atoms with Crippen LogP contribution in [0.1, 0.15) is 29.3 Å². The molecule has 2 atom stereocenters. The Morgan fingerprint density at radius 3 is 2.84 bits per heavy atom. The number of rotatable bonds is 3. The van der Waals surface area contributed by atoms with Crippen molar-refractivity contribution in [3.63, 3.8) is 0 Å². The second kappa shape index (κ2) is 5.59. The summed E-state index contributed by atoms with van der Waals surface area (Å²) in [4.78, 5) is 14.3. The van der Waals surface area contributed by atoms with Gasteiger partial charge < -0.3 is 15.1 Å². The molecule has 5 heteroatoms. The molecule has 2 unspecified atom stereocenters. The number of ether oxygens (including phenoxy) is 1. The SMILES string of the molecule is Cc1ccc(C(=O)N(C)C2CCOC2C)c(NN)c1. The van der Waals surface area contributed by atoms with Gasteiger partial charge in [0.05, 0.1) is 23.4 Å². The highest BCUT2D eigenvalue weighted by atomic mass is 16.5. The number of carbonyl (C=O) groups excluding carboxylic acids is 1. The van der Waals surface area contributed by atoms with Crippen LogP contribution in [0.25, 0.3) is 0 Å². The molecule has 0 aliphatic carbocycles. The van der Waals surface area contributed by atoms with Crippen LogP contribution in [0.3, 0.4) is 0 Å². The van der Waals surface area contributed by atoms with Crippen LogP contribution >= 0.6 is 0 Å². The first kappa shape index (κ1) is 13.8. The predicted octanol–water partition coefficient (Wildman–Crippen LogP) is 1.53. The summed E-state index contributed by atoms with van der Waals surface area (Å²) >= 11 is 0. The fourth-order valence-electron chi connectivity index (χ4n) is 2.53. The quantitative estimate of drug-likeness (QED) is 0.641. The molecule has 1 saturated heterocycles. The monoisotopic (exact) mass is 263 g/mol. The topological polar surface area (TPSA) is 67.6 Å². The predicted molar refractivity (Wildman–Crippen MR) is 74.9 cm³/mol. The van der Waals surface area contributed by atoms with Crippen LogP contribution in [0, 0.1) is 6.92 Å². The van der Waals surface area contributed by atoms with Crippen LogP contribution in [0.15, 0.2) is 18.2 Å². The molecule has 1 fully saturated rings. The van der Waals surface area contributed by atoms with Gasteiger partial charge in [0.25, 0.3) is 5.91 Å². The third kappa shape index (κ3) is 2.72. The van der Waals surface area contributed by atoms with Crippen LogP contribution < -0.4 is 11.3 Å². The van der Waals surface area contributed by atoms with Gasteiger partial charge in [-0.1, -0.05) is 6.07 Å². The number of nitrogens with two attached hydrogens (primary N) is 1. The number of nitrogens with zero attached hydrogens (tertiary/aromatic N) is 1. The number of nitrogens with one attached hydrogen (secondary N) is 1. The lowest BCUT2D eigenvalue weighted by atomic mass is 10.1. The first-order valence-electron chi connectivity index (χ1n) is 6.50. The second-order valence-electron chi connectivity index (χ2n) is 5.04. The molecule has 19 heavy (non-hydrogen) atoms. The Labute approximate surface area is 113 Å². The number of likely N-dealkylation sites (N-methyl/N-ethyl adjacent to an activating group) is 1. The van der Waals surface area contributed by atoms with E-state index in [1.165, 1.54) is 0 Å². The van der Waals surface area contributed by atoms with E-state index in [2.05, 4.69) is 5.43 Å². The number of amides is 1. The van der Waals surface area contributed by atoms with Gasteiger partial charge in [-0.25, -0.2) is 0 Å². The van der Waals surface area contributed by atoms with Gasteiger partial charge in [0.1, 0.15) is 0 Å². The molecular weight excluding hydrogens is 242 g/mol. The van der Waals surface area contributed by atoms with Crippen molar-refractivity contribution in [2.24, 2.45) is 5.84 Å². The van der Waals surface area contributed by atoms with E-state index in [4.69, 9.17) is 10.6 Å². The highest BCUT2D eigenvalue weighted by molar-refractivity contribution is 5.99. The Morgan fingerprint density at radius 1 is 1.53 bits per heavy atom. The lowest BCUT2D eigenvalue weighted by molar-refractivity contribution is 0.0575. The third-order valence-electron chi connectivity index (χ3n) is 3.72. The van der Waals surface area contributed by atoms with Gasteiger partial charge in [0.2, 0.25) is 0 Å². The molecule has 5 nitrogen and oxygen atoms in total. The van der Waals surface area contributed by atoms with Gasteiger partial charge in [-0.05, 0) is 38.0 Å². The number of aryl methyl sites for hydroxylation is 1. The number of benzene rings is 1. The Balaban J connectivity index is 2.23. The zero-order chi connectivity index (χ0) is 14.0. The third-order valence-corrected chi connectivity index (χ3v) is 3.72. The van der Waals surface area contributed by atoms with Crippen molar-refractivity contribution in [2.45, 2.75) is 32.4 Å². The van der Waals surface area contributed by atoms with Crippen LogP contribution in [-0.4, -0.2) is 36.6 Å². The summed E-state index contributed by atoms with van der Waals surface area (Å²) in [6.07, 6.45) is 0.953. The maximum atomic E-state index is 12.5. The molecule has 0 spiro atoms. The minimum atomic E-state index is -0.0321. The molecule has 1 aromatic carbocycles. The molecule has 1 aliphatic heterocycles. The molecule has 1 heterocycles. The highest BCUT2D eigenvalue weighted by Crippen LogP contribution is 2.23. The molecule has 104 valence electrons. The normalized spacial score (nSPS) is 22.3. The van der Waals surface area contributed by atoms with Crippen LogP contribution in [0.5, 0.6) is 0 Å². The van der Waals surface area contributed by atoms with E-state index >= 15 is 0 Å². The number of hydrogen-bond donors (Lipinski definition) is 2.